The number of ether oxygens (including phenoxy) is 2. The Kier molecular flexibility index (Phi) is 11.3. The maximum atomic E-state index is 11.5. The molecule has 22 heavy (non-hydrogen) atoms. The maximum absolute atomic E-state index is 11.5. The molecule has 0 aliphatic carbocycles. The first-order chi connectivity index (χ1) is 10.3. The van der Waals surface area contributed by atoms with Crippen LogP contribution < -0.4 is 10.6 Å². The largest absolute Gasteiger partial charge is 0.379 e. The molecule has 2 N–H and O–H groups in total. The van der Waals surface area contributed by atoms with Gasteiger partial charge in [0, 0.05) is 31.3 Å². The molecule has 0 saturated carbocycles. The molecule has 0 spiro atoms. The van der Waals surface area contributed by atoms with E-state index >= 15 is 0 Å². The monoisotopic (exact) mass is 316 g/mol. The van der Waals surface area contributed by atoms with Crippen molar-refractivity contribution in [3.63, 3.8) is 0 Å². The van der Waals surface area contributed by atoms with Crippen LogP contribution in [0.1, 0.15) is 40.0 Å². The summed E-state index contributed by atoms with van der Waals surface area (Å²) in [6, 6.07) is 0. The second kappa shape index (κ2) is 12.1. The van der Waals surface area contributed by atoms with E-state index in [0.717, 1.165) is 6.29 Å². The molecule has 128 valence electrons. The lowest BCUT2D eigenvalue weighted by Crippen LogP contribution is -2.40. The van der Waals surface area contributed by atoms with Crippen molar-refractivity contribution in [2.24, 2.45) is 0 Å². The number of aldehydes is 1. The average Bonchev–Trinajstić information content (AvgIpc) is 2.41. The molecule has 0 radical (unpaired) electrons. The van der Waals surface area contributed by atoms with E-state index in [1.807, 2.05) is 20.8 Å². The van der Waals surface area contributed by atoms with Gasteiger partial charge < -0.3 is 24.9 Å². The van der Waals surface area contributed by atoms with E-state index in [2.05, 4.69) is 10.6 Å². The smallest absolute Gasteiger partial charge is 0.222 e. The van der Waals surface area contributed by atoms with E-state index in [1.165, 1.54) is 0 Å². The molecule has 0 rings (SSSR count). The van der Waals surface area contributed by atoms with Gasteiger partial charge in [0.05, 0.1) is 26.4 Å². The summed E-state index contributed by atoms with van der Waals surface area (Å²) < 4.78 is 10.6. The Morgan fingerprint density at radius 3 is 2.18 bits per heavy atom. The van der Waals surface area contributed by atoms with Crippen molar-refractivity contribution in [1.82, 2.24) is 10.6 Å². The summed E-state index contributed by atoms with van der Waals surface area (Å²) in [6.45, 7) is 7.75. The molecule has 7 nitrogen and oxygen atoms in total. The van der Waals surface area contributed by atoms with Crippen LogP contribution in [-0.2, 0) is 23.9 Å². The SMILES string of the molecule is CC(C)(C)NC(=O)CCOCCOCCNC(=O)CCC=O. The van der Waals surface area contributed by atoms with Gasteiger partial charge in [-0.15, -0.1) is 0 Å². The van der Waals surface area contributed by atoms with Crippen molar-refractivity contribution in [3.8, 4) is 0 Å². The number of rotatable bonds is 12. The molecule has 0 aromatic heterocycles. The lowest BCUT2D eigenvalue weighted by atomic mass is 10.1. The number of amides is 2. The summed E-state index contributed by atoms with van der Waals surface area (Å²) in [5.74, 6) is -0.191. The van der Waals surface area contributed by atoms with Gasteiger partial charge in [0.15, 0.2) is 0 Å². The van der Waals surface area contributed by atoms with Crippen LogP contribution in [0.15, 0.2) is 0 Å². The van der Waals surface area contributed by atoms with E-state index in [9.17, 15) is 14.4 Å². The third kappa shape index (κ3) is 14.9. The highest BCUT2D eigenvalue weighted by Crippen LogP contribution is 1.99. The lowest BCUT2D eigenvalue weighted by molar-refractivity contribution is -0.123. The van der Waals surface area contributed by atoms with Gasteiger partial charge >= 0.3 is 0 Å². The van der Waals surface area contributed by atoms with E-state index in [1.54, 1.807) is 0 Å². The molecule has 0 aliphatic heterocycles. The number of carbonyl (C=O) groups is 3. The van der Waals surface area contributed by atoms with Gasteiger partial charge in [-0.3, -0.25) is 9.59 Å². The molecule has 0 heterocycles. The van der Waals surface area contributed by atoms with E-state index in [0.29, 0.717) is 39.4 Å². The number of carbonyl (C=O) groups excluding carboxylic acids is 3. The molecule has 0 bridgehead atoms. The molecule has 0 aromatic rings. The highest BCUT2D eigenvalue weighted by Gasteiger charge is 2.12. The minimum absolute atomic E-state index is 0.0357. The Bertz CT molecular complexity index is 339. The second-order valence-corrected chi connectivity index (χ2v) is 5.83. The molecular weight excluding hydrogens is 288 g/mol. The number of hydrogen-bond donors (Lipinski definition) is 2. The minimum atomic E-state index is -0.226. The van der Waals surface area contributed by atoms with Gasteiger partial charge in [-0.05, 0) is 20.8 Å². The quantitative estimate of drug-likeness (QED) is 0.402. The second-order valence-electron chi connectivity index (χ2n) is 5.83. The molecule has 0 aliphatic rings. The Balaban J connectivity index is 3.32. The fraction of sp³-hybridized carbons (Fsp3) is 0.800. The molecule has 0 saturated heterocycles. The van der Waals surface area contributed by atoms with Crippen molar-refractivity contribution in [2.75, 3.05) is 33.0 Å². The maximum Gasteiger partial charge on any atom is 0.222 e. The standard InChI is InChI=1S/C15H28N2O5/c1-15(2,3)17-14(20)6-9-21-11-12-22-10-7-16-13(19)5-4-8-18/h8H,4-7,9-12H2,1-3H3,(H,16,19)(H,17,20). The zero-order valence-electron chi connectivity index (χ0n) is 13.8. The van der Waals surface area contributed by atoms with Crippen molar-refractivity contribution in [2.45, 2.75) is 45.6 Å². The van der Waals surface area contributed by atoms with Crippen LogP contribution in [0.2, 0.25) is 0 Å². The van der Waals surface area contributed by atoms with E-state index < -0.39 is 0 Å². The Morgan fingerprint density at radius 2 is 1.59 bits per heavy atom. The fourth-order valence-corrected chi connectivity index (χ4v) is 1.51. The first-order valence-corrected chi connectivity index (χ1v) is 7.52. The van der Waals surface area contributed by atoms with Gasteiger partial charge in [0.2, 0.25) is 11.8 Å². The first-order valence-electron chi connectivity index (χ1n) is 7.52. The number of nitrogens with one attached hydrogen (secondary N) is 2. The van der Waals surface area contributed by atoms with Crippen LogP contribution in [0.25, 0.3) is 0 Å². The van der Waals surface area contributed by atoms with Crippen LogP contribution in [-0.4, -0.2) is 56.6 Å². The summed E-state index contributed by atoms with van der Waals surface area (Å²) >= 11 is 0. The van der Waals surface area contributed by atoms with Gasteiger partial charge in [0.1, 0.15) is 6.29 Å². The minimum Gasteiger partial charge on any atom is -0.379 e. The zero-order chi connectivity index (χ0) is 16.8. The number of hydrogen-bond acceptors (Lipinski definition) is 5. The third-order valence-corrected chi connectivity index (χ3v) is 2.42. The lowest BCUT2D eigenvalue weighted by Gasteiger charge is -2.20. The molecule has 7 heteroatoms. The van der Waals surface area contributed by atoms with Crippen LogP contribution in [0.4, 0.5) is 0 Å². The average molecular weight is 316 g/mol. The van der Waals surface area contributed by atoms with Crippen molar-refractivity contribution in [1.29, 1.82) is 0 Å². The van der Waals surface area contributed by atoms with E-state index in [4.69, 9.17) is 9.47 Å². The molecule has 2 amide bonds. The van der Waals surface area contributed by atoms with Gasteiger partial charge in [-0.25, -0.2) is 0 Å². The highest BCUT2D eigenvalue weighted by atomic mass is 16.5. The third-order valence-electron chi connectivity index (χ3n) is 2.42. The summed E-state index contributed by atoms with van der Waals surface area (Å²) in [6.07, 6.45) is 1.49. The molecule has 0 aromatic carbocycles. The van der Waals surface area contributed by atoms with Crippen LogP contribution >= 0.6 is 0 Å². The van der Waals surface area contributed by atoms with Gasteiger partial charge in [-0.2, -0.15) is 0 Å². The Labute approximate surface area is 132 Å². The Morgan fingerprint density at radius 1 is 0.955 bits per heavy atom. The summed E-state index contributed by atoms with van der Waals surface area (Å²) in [5.41, 5.74) is -0.226. The summed E-state index contributed by atoms with van der Waals surface area (Å²) in [5, 5.41) is 5.49. The predicted octanol–water partition coefficient (Wildman–Crippen LogP) is 0.420. The van der Waals surface area contributed by atoms with Crippen LogP contribution in [0, 0.1) is 0 Å². The highest BCUT2D eigenvalue weighted by molar-refractivity contribution is 5.78. The van der Waals surface area contributed by atoms with Crippen molar-refractivity contribution < 1.29 is 23.9 Å². The predicted molar refractivity (Wildman–Crippen MR) is 82.5 cm³/mol. The first kappa shape index (κ1) is 20.5. The zero-order valence-corrected chi connectivity index (χ0v) is 13.8. The van der Waals surface area contributed by atoms with Crippen molar-refractivity contribution >= 4 is 18.1 Å². The Hall–Kier alpha value is -1.47. The summed E-state index contributed by atoms with van der Waals surface area (Å²) in [7, 11) is 0. The van der Waals surface area contributed by atoms with Crippen molar-refractivity contribution in [3.05, 3.63) is 0 Å². The summed E-state index contributed by atoms with van der Waals surface area (Å²) in [4.78, 5) is 32.7. The van der Waals surface area contributed by atoms with Crippen LogP contribution in [0.5, 0.6) is 0 Å². The molecular formula is C15H28N2O5. The topological polar surface area (TPSA) is 93.7 Å². The molecule has 0 unspecified atom stereocenters. The normalized spacial score (nSPS) is 11.0. The molecule has 0 atom stereocenters. The van der Waals surface area contributed by atoms with E-state index in [-0.39, 0.29) is 30.2 Å². The van der Waals surface area contributed by atoms with Crippen LogP contribution in [0.3, 0.4) is 0 Å². The van der Waals surface area contributed by atoms with Gasteiger partial charge in [-0.1, -0.05) is 0 Å². The molecule has 0 fully saturated rings. The van der Waals surface area contributed by atoms with Gasteiger partial charge in [0.25, 0.3) is 0 Å². The fourth-order valence-electron chi connectivity index (χ4n) is 1.51.